The zero-order chi connectivity index (χ0) is 12.1. The van der Waals surface area contributed by atoms with Crippen LogP contribution < -0.4 is 5.32 Å². The lowest BCUT2D eigenvalue weighted by atomic mass is 10.1. The fourth-order valence-corrected chi connectivity index (χ4v) is 1.78. The van der Waals surface area contributed by atoms with E-state index in [9.17, 15) is 0 Å². The molecule has 2 nitrogen and oxygen atoms in total. The van der Waals surface area contributed by atoms with Crippen LogP contribution in [-0.4, -0.2) is 19.7 Å². The third-order valence-corrected chi connectivity index (χ3v) is 2.88. The first-order valence-electron chi connectivity index (χ1n) is 5.29. The number of rotatable bonds is 5. The highest BCUT2D eigenvalue weighted by Gasteiger charge is 2.14. The van der Waals surface area contributed by atoms with Gasteiger partial charge < -0.3 is 10.1 Å². The fraction of sp³-hybridized carbons (Fsp3) is 0.500. The van der Waals surface area contributed by atoms with Crippen LogP contribution in [0.2, 0.25) is 10.0 Å². The second-order valence-electron chi connectivity index (χ2n) is 3.90. The maximum atomic E-state index is 5.99. The molecule has 0 saturated carbocycles. The summed E-state index contributed by atoms with van der Waals surface area (Å²) in [6.45, 7) is 4.77. The van der Waals surface area contributed by atoms with Crippen molar-refractivity contribution in [2.75, 3.05) is 13.6 Å². The number of ether oxygens (including phenoxy) is 1. The molecule has 0 aromatic heterocycles. The van der Waals surface area contributed by atoms with Gasteiger partial charge in [0.2, 0.25) is 0 Å². The van der Waals surface area contributed by atoms with Crippen LogP contribution in [0, 0.1) is 0 Å². The third kappa shape index (κ3) is 3.95. The molecule has 0 aliphatic heterocycles. The lowest BCUT2D eigenvalue weighted by Gasteiger charge is -2.21. The Hall–Kier alpha value is -0.280. The second-order valence-corrected chi connectivity index (χ2v) is 4.72. The van der Waals surface area contributed by atoms with E-state index in [2.05, 4.69) is 5.32 Å². The lowest BCUT2D eigenvalue weighted by molar-refractivity contribution is 0.00815. The summed E-state index contributed by atoms with van der Waals surface area (Å²) in [6, 6.07) is 5.60. The van der Waals surface area contributed by atoms with Crippen molar-refractivity contribution in [2.24, 2.45) is 0 Å². The molecule has 1 atom stereocenters. The van der Waals surface area contributed by atoms with E-state index in [1.54, 1.807) is 6.07 Å². The van der Waals surface area contributed by atoms with Crippen LogP contribution in [0.1, 0.15) is 25.5 Å². The van der Waals surface area contributed by atoms with E-state index in [4.69, 9.17) is 27.9 Å². The van der Waals surface area contributed by atoms with E-state index in [0.29, 0.717) is 10.0 Å². The van der Waals surface area contributed by atoms with Gasteiger partial charge in [-0.05, 0) is 38.6 Å². The topological polar surface area (TPSA) is 21.3 Å². The van der Waals surface area contributed by atoms with Crippen LogP contribution in [0.4, 0.5) is 0 Å². The Morgan fingerprint density at radius 3 is 2.44 bits per heavy atom. The van der Waals surface area contributed by atoms with Gasteiger partial charge in [-0.25, -0.2) is 0 Å². The van der Waals surface area contributed by atoms with Gasteiger partial charge in [-0.2, -0.15) is 0 Å². The number of hydrogen-bond acceptors (Lipinski definition) is 2. The molecule has 0 fully saturated rings. The molecule has 16 heavy (non-hydrogen) atoms. The number of likely N-dealkylation sites (N-methyl/N-ethyl adjacent to an activating group) is 1. The van der Waals surface area contributed by atoms with E-state index in [-0.39, 0.29) is 12.2 Å². The molecular formula is C12H17Cl2NO. The highest BCUT2D eigenvalue weighted by molar-refractivity contribution is 6.42. The minimum absolute atomic E-state index is 0.000216. The normalized spacial score (nSPS) is 13.1. The van der Waals surface area contributed by atoms with Crippen LogP contribution in [0.25, 0.3) is 0 Å². The third-order valence-electron chi connectivity index (χ3n) is 2.14. The van der Waals surface area contributed by atoms with E-state index < -0.39 is 0 Å². The maximum Gasteiger partial charge on any atom is 0.0953 e. The minimum Gasteiger partial charge on any atom is -0.370 e. The Kier molecular flexibility index (Phi) is 5.56. The van der Waals surface area contributed by atoms with Gasteiger partial charge in [-0.1, -0.05) is 29.3 Å². The van der Waals surface area contributed by atoms with Crippen molar-refractivity contribution >= 4 is 23.2 Å². The van der Waals surface area contributed by atoms with Crippen LogP contribution in [0.3, 0.4) is 0 Å². The second kappa shape index (κ2) is 6.45. The molecule has 1 rings (SSSR count). The van der Waals surface area contributed by atoms with E-state index >= 15 is 0 Å². The SMILES string of the molecule is CNC[C@H](OC(C)C)c1ccc(Cl)c(Cl)c1. The molecule has 0 saturated heterocycles. The van der Waals surface area contributed by atoms with E-state index in [1.165, 1.54) is 0 Å². The summed E-state index contributed by atoms with van der Waals surface area (Å²) in [4.78, 5) is 0. The molecule has 0 radical (unpaired) electrons. The Bertz CT molecular complexity index is 342. The average molecular weight is 262 g/mol. The zero-order valence-corrected chi connectivity index (χ0v) is 11.3. The molecule has 0 spiro atoms. The average Bonchev–Trinajstić information content (AvgIpc) is 2.21. The summed E-state index contributed by atoms with van der Waals surface area (Å²) in [5, 5.41) is 4.24. The van der Waals surface area contributed by atoms with Crippen LogP contribution in [0.5, 0.6) is 0 Å². The van der Waals surface area contributed by atoms with Crippen molar-refractivity contribution in [3.63, 3.8) is 0 Å². The highest BCUT2D eigenvalue weighted by atomic mass is 35.5. The summed E-state index contributed by atoms with van der Waals surface area (Å²) in [5.74, 6) is 0. The maximum absolute atomic E-state index is 5.99. The van der Waals surface area contributed by atoms with Crippen molar-refractivity contribution in [3.05, 3.63) is 33.8 Å². The Balaban J connectivity index is 2.87. The van der Waals surface area contributed by atoms with Crippen LogP contribution in [-0.2, 0) is 4.74 Å². The van der Waals surface area contributed by atoms with Gasteiger partial charge in [-0.15, -0.1) is 0 Å². The highest BCUT2D eigenvalue weighted by Crippen LogP contribution is 2.27. The molecule has 4 heteroatoms. The van der Waals surface area contributed by atoms with Crippen LogP contribution >= 0.6 is 23.2 Å². The summed E-state index contributed by atoms with van der Waals surface area (Å²) in [5.41, 5.74) is 1.04. The number of benzene rings is 1. The predicted molar refractivity (Wildman–Crippen MR) is 69.4 cm³/mol. The Morgan fingerprint density at radius 2 is 1.94 bits per heavy atom. The molecule has 1 aromatic carbocycles. The van der Waals surface area contributed by atoms with Crippen LogP contribution in [0.15, 0.2) is 18.2 Å². The van der Waals surface area contributed by atoms with Gasteiger partial charge in [0.25, 0.3) is 0 Å². The molecule has 1 aromatic rings. The van der Waals surface area contributed by atoms with Crippen molar-refractivity contribution in [1.82, 2.24) is 5.32 Å². The summed E-state index contributed by atoms with van der Waals surface area (Å²) in [6.07, 6.45) is 0.174. The zero-order valence-electron chi connectivity index (χ0n) is 9.76. The molecular weight excluding hydrogens is 245 g/mol. The summed E-state index contributed by atoms with van der Waals surface area (Å²) >= 11 is 11.9. The van der Waals surface area contributed by atoms with Crippen molar-refractivity contribution in [1.29, 1.82) is 0 Å². The largest absolute Gasteiger partial charge is 0.370 e. The minimum atomic E-state index is -0.000216. The molecule has 0 heterocycles. The molecule has 0 unspecified atom stereocenters. The monoisotopic (exact) mass is 261 g/mol. The van der Waals surface area contributed by atoms with Gasteiger partial charge in [0.05, 0.1) is 22.3 Å². The molecule has 0 aliphatic carbocycles. The van der Waals surface area contributed by atoms with Gasteiger partial charge >= 0.3 is 0 Å². The fourth-order valence-electron chi connectivity index (χ4n) is 1.47. The van der Waals surface area contributed by atoms with E-state index in [1.807, 2.05) is 33.0 Å². The predicted octanol–water partition coefficient (Wildman–Crippen LogP) is 3.68. The number of hydrogen-bond donors (Lipinski definition) is 1. The van der Waals surface area contributed by atoms with Gasteiger partial charge in [-0.3, -0.25) is 0 Å². The summed E-state index contributed by atoms with van der Waals surface area (Å²) < 4.78 is 5.81. The quantitative estimate of drug-likeness (QED) is 0.874. The smallest absolute Gasteiger partial charge is 0.0953 e. The molecule has 0 amide bonds. The Labute approximate surface area is 107 Å². The number of nitrogens with one attached hydrogen (secondary N) is 1. The lowest BCUT2D eigenvalue weighted by Crippen LogP contribution is -2.22. The van der Waals surface area contributed by atoms with Crippen molar-refractivity contribution in [2.45, 2.75) is 26.1 Å². The van der Waals surface area contributed by atoms with Gasteiger partial charge in [0.15, 0.2) is 0 Å². The van der Waals surface area contributed by atoms with Crippen molar-refractivity contribution in [3.8, 4) is 0 Å². The molecule has 0 bridgehead atoms. The standard InChI is InChI=1S/C12H17Cl2NO/c1-8(2)16-12(7-15-3)9-4-5-10(13)11(14)6-9/h4-6,8,12,15H,7H2,1-3H3/t12-/m0/s1. The van der Waals surface area contributed by atoms with E-state index in [0.717, 1.165) is 12.1 Å². The van der Waals surface area contributed by atoms with Gasteiger partial charge in [0.1, 0.15) is 0 Å². The molecule has 0 aliphatic rings. The van der Waals surface area contributed by atoms with Crippen molar-refractivity contribution < 1.29 is 4.74 Å². The summed E-state index contributed by atoms with van der Waals surface area (Å²) in [7, 11) is 1.90. The first kappa shape index (κ1) is 13.8. The molecule has 90 valence electrons. The first-order chi connectivity index (χ1) is 7.54. The molecule has 1 N–H and O–H groups in total. The Morgan fingerprint density at radius 1 is 1.25 bits per heavy atom. The number of halogens is 2. The first-order valence-corrected chi connectivity index (χ1v) is 6.05. The van der Waals surface area contributed by atoms with Gasteiger partial charge in [0, 0.05) is 6.54 Å².